The lowest BCUT2D eigenvalue weighted by Gasteiger charge is -2.25. The van der Waals surface area contributed by atoms with Crippen molar-refractivity contribution in [2.24, 2.45) is 0 Å². The summed E-state index contributed by atoms with van der Waals surface area (Å²) in [7, 11) is 1.22. The quantitative estimate of drug-likeness (QED) is 0.730. The van der Waals surface area contributed by atoms with Crippen LogP contribution < -0.4 is 5.32 Å². The Hall–Kier alpha value is -3.08. The number of carbonyl (C=O) groups is 3. The van der Waals surface area contributed by atoms with Gasteiger partial charge in [-0.2, -0.15) is 5.26 Å². The fourth-order valence-electron chi connectivity index (χ4n) is 2.93. The van der Waals surface area contributed by atoms with E-state index in [2.05, 4.69) is 10.1 Å². The molecular formula is C19H23N3O5. The van der Waals surface area contributed by atoms with Gasteiger partial charge in [0.25, 0.3) is 0 Å². The van der Waals surface area contributed by atoms with Gasteiger partial charge in [0.1, 0.15) is 18.7 Å². The van der Waals surface area contributed by atoms with Crippen LogP contribution in [-0.2, 0) is 25.7 Å². The number of methoxy groups -OCH3 is 1. The zero-order valence-corrected chi connectivity index (χ0v) is 15.2. The second kappa shape index (κ2) is 10.2. The van der Waals surface area contributed by atoms with Crippen LogP contribution in [0.4, 0.5) is 4.79 Å². The van der Waals surface area contributed by atoms with Gasteiger partial charge in [0.15, 0.2) is 0 Å². The molecule has 0 bridgehead atoms. The number of benzene rings is 1. The van der Waals surface area contributed by atoms with Crippen molar-refractivity contribution in [3.8, 4) is 6.07 Å². The van der Waals surface area contributed by atoms with Crippen LogP contribution in [-0.4, -0.2) is 48.6 Å². The third-order valence-corrected chi connectivity index (χ3v) is 4.34. The summed E-state index contributed by atoms with van der Waals surface area (Å²) >= 11 is 0. The molecule has 8 nitrogen and oxygen atoms in total. The van der Waals surface area contributed by atoms with Gasteiger partial charge >= 0.3 is 12.1 Å². The van der Waals surface area contributed by atoms with Crippen molar-refractivity contribution in [1.29, 1.82) is 5.26 Å². The zero-order valence-electron chi connectivity index (χ0n) is 15.2. The number of nitrogens with zero attached hydrogens (tertiary/aromatic N) is 2. The first-order valence-electron chi connectivity index (χ1n) is 8.79. The normalized spacial score (nSPS) is 16.9. The first kappa shape index (κ1) is 20.2. The van der Waals surface area contributed by atoms with Crippen molar-refractivity contribution in [2.45, 2.75) is 44.4 Å². The predicted octanol–water partition coefficient (Wildman–Crippen LogP) is 1.75. The number of nitriles is 1. The third-order valence-electron chi connectivity index (χ3n) is 4.34. The fourth-order valence-corrected chi connectivity index (χ4v) is 2.93. The molecule has 0 saturated carbocycles. The number of amides is 2. The highest BCUT2D eigenvalue weighted by Gasteiger charge is 2.36. The van der Waals surface area contributed by atoms with Gasteiger partial charge in [0, 0.05) is 13.0 Å². The number of likely N-dealkylation sites (tertiary alicyclic amines) is 1. The average Bonchev–Trinajstić information content (AvgIpc) is 3.19. The molecular weight excluding hydrogens is 350 g/mol. The summed E-state index contributed by atoms with van der Waals surface area (Å²) < 4.78 is 9.97. The van der Waals surface area contributed by atoms with Crippen LogP contribution in [0.3, 0.4) is 0 Å². The highest BCUT2D eigenvalue weighted by atomic mass is 16.6. The summed E-state index contributed by atoms with van der Waals surface area (Å²) in [5.41, 5.74) is 0.855. The average molecular weight is 373 g/mol. The molecule has 8 heteroatoms. The van der Waals surface area contributed by atoms with Crippen LogP contribution in [0.15, 0.2) is 30.3 Å². The van der Waals surface area contributed by atoms with Crippen molar-refractivity contribution in [2.75, 3.05) is 13.7 Å². The predicted molar refractivity (Wildman–Crippen MR) is 95.1 cm³/mol. The summed E-state index contributed by atoms with van der Waals surface area (Å²) in [6.07, 6.45) is 0.842. The second-order valence-electron chi connectivity index (χ2n) is 6.17. The SMILES string of the molecule is COC(=O)[C@@H](CCC#N)NC(=O)[C@H]1CCCN1C(=O)OCc1ccccc1. The maximum atomic E-state index is 12.6. The summed E-state index contributed by atoms with van der Waals surface area (Å²) in [5, 5.41) is 11.3. The van der Waals surface area contributed by atoms with E-state index in [4.69, 9.17) is 10.00 Å². The molecule has 1 aliphatic heterocycles. The number of carbonyl (C=O) groups excluding carboxylic acids is 3. The number of ether oxygens (including phenoxy) is 2. The van der Waals surface area contributed by atoms with Gasteiger partial charge < -0.3 is 14.8 Å². The number of nitrogens with one attached hydrogen (secondary N) is 1. The summed E-state index contributed by atoms with van der Waals surface area (Å²) in [4.78, 5) is 38.1. The number of rotatable bonds is 7. The van der Waals surface area contributed by atoms with Crippen LogP contribution in [0.5, 0.6) is 0 Å². The van der Waals surface area contributed by atoms with Crippen molar-refractivity contribution in [3.63, 3.8) is 0 Å². The fraction of sp³-hybridized carbons (Fsp3) is 0.474. The van der Waals surface area contributed by atoms with Gasteiger partial charge in [-0.25, -0.2) is 9.59 Å². The van der Waals surface area contributed by atoms with Crippen molar-refractivity contribution < 1.29 is 23.9 Å². The molecule has 1 saturated heterocycles. The van der Waals surface area contributed by atoms with E-state index in [1.165, 1.54) is 12.0 Å². The van der Waals surface area contributed by atoms with Crippen LogP contribution in [0.2, 0.25) is 0 Å². The van der Waals surface area contributed by atoms with E-state index in [1.807, 2.05) is 36.4 Å². The Bertz CT molecular complexity index is 701. The minimum absolute atomic E-state index is 0.105. The van der Waals surface area contributed by atoms with Gasteiger partial charge in [0.2, 0.25) is 5.91 Å². The molecule has 0 aromatic heterocycles. The Morgan fingerprint density at radius 2 is 2.07 bits per heavy atom. The number of esters is 1. The molecule has 1 N–H and O–H groups in total. The maximum absolute atomic E-state index is 12.6. The van der Waals surface area contributed by atoms with Crippen molar-refractivity contribution in [1.82, 2.24) is 10.2 Å². The molecule has 0 unspecified atom stereocenters. The lowest BCUT2D eigenvalue weighted by molar-refractivity contribution is -0.145. The van der Waals surface area contributed by atoms with E-state index in [0.717, 1.165) is 5.56 Å². The van der Waals surface area contributed by atoms with Crippen molar-refractivity contribution in [3.05, 3.63) is 35.9 Å². The smallest absolute Gasteiger partial charge is 0.410 e. The molecule has 1 heterocycles. The number of hydrogen-bond donors (Lipinski definition) is 1. The standard InChI is InChI=1S/C19H23N3O5/c1-26-18(24)15(9-5-11-20)21-17(23)16-10-6-12-22(16)19(25)27-13-14-7-3-2-4-8-14/h2-4,7-8,15-16H,5-6,9-10,12-13H2,1H3,(H,21,23)/t15-,16-/m1/s1. The van der Waals surface area contributed by atoms with Crippen LogP contribution in [0.25, 0.3) is 0 Å². The molecule has 1 aliphatic rings. The van der Waals surface area contributed by atoms with E-state index < -0.39 is 30.1 Å². The molecule has 1 aromatic rings. The van der Waals surface area contributed by atoms with Gasteiger partial charge in [-0.3, -0.25) is 9.69 Å². The van der Waals surface area contributed by atoms with E-state index in [9.17, 15) is 14.4 Å². The van der Waals surface area contributed by atoms with E-state index in [1.54, 1.807) is 0 Å². The highest BCUT2D eigenvalue weighted by Crippen LogP contribution is 2.19. The zero-order chi connectivity index (χ0) is 19.6. The van der Waals surface area contributed by atoms with E-state index >= 15 is 0 Å². The third kappa shape index (κ3) is 5.71. The van der Waals surface area contributed by atoms with E-state index in [0.29, 0.717) is 19.4 Å². The van der Waals surface area contributed by atoms with Gasteiger partial charge in [-0.05, 0) is 24.8 Å². The maximum Gasteiger partial charge on any atom is 0.410 e. The Labute approximate surface area is 158 Å². The van der Waals surface area contributed by atoms with E-state index in [-0.39, 0.29) is 19.4 Å². The Morgan fingerprint density at radius 1 is 1.33 bits per heavy atom. The molecule has 2 amide bonds. The highest BCUT2D eigenvalue weighted by molar-refractivity contribution is 5.90. The Kier molecular flexibility index (Phi) is 7.62. The molecule has 1 aromatic carbocycles. The minimum Gasteiger partial charge on any atom is -0.467 e. The first-order chi connectivity index (χ1) is 13.1. The molecule has 2 rings (SSSR count). The first-order valence-corrected chi connectivity index (χ1v) is 8.79. The molecule has 27 heavy (non-hydrogen) atoms. The minimum atomic E-state index is -0.912. The summed E-state index contributed by atoms with van der Waals surface area (Å²) in [6.45, 7) is 0.532. The molecule has 0 spiro atoms. The molecule has 0 radical (unpaired) electrons. The van der Waals surface area contributed by atoms with Crippen molar-refractivity contribution >= 4 is 18.0 Å². The number of hydrogen-bond acceptors (Lipinski definition) is 6. The Balaban J connectivity index is 1.94. The molecule has 2 atom stereocenters. The largest absolute Gasteiger partial charge is 0.467 e. The molecule has 0 aliphatic carbocycles. The van der Waals surface area contributed by atoms with Gasteiger partial charge in [-0.1, -0.05) is 30.3 Å². The Morgan fingerprint density at radius 3 is 2.74 bits per heavy atom. The monoisotopic (exact) mass is 373 g/mol. The van der Waals surface area contributed by atoms with Gasteiger partial charge in [-0.15, -0.1) is 0 Å². The summed E-state index contributed by atoms with van der Waals surface area (Å²) in [6, 6.07) is 9.58. The topological polar surface area (TPSA) is 109 Å². The molecule has 1 fully saturated rings. The van der Waals surface area contributed by atoms with Crippen LogP contribution >= 0.6 is 0 Å². The molecule has 144 valence electrons. The van der Waals surface area contributed by atoms with Crippen LogP contribution in [0.1, 0.15) is 31.2 Å². The van der Waals surface area contributed by atoms with Crippen LogP contribution in [0, 0.1) is 11.3 Å². The summed E-state index contributed by atoms with van der Waals surface area (Å²) in [5.74, 6) is -1.06. The lowest BCUT2D eigenvalue weighted by Crippen LogP contribution is -2.51. The second-order valence-corrected chi connectivity index (χ2v) is 6.17. The lowest BCUT2D eigenvalue weighted by atomic mass is 10.1. The van der Waals surface area contributed by atoms with Gasteiger partial charge in [0.05, 0.1) is 13.2 Å².